The van der Waals surface area contributed by atoms with Gasteiger partial charge in [-0.3, -0.25) is 4.79 Å². The van der Waals surface area contributed by atoms with E-state index >= 15 is 0 Å². The zero-order valence-corrected chi connectivity index (χ0v) is 11.9. The molecule has 0 radical (unpaired) electrons. The SMILES string of the molecule is Cc1cc(Br)cnc1N1CC(=O)Nc2ccccc21. The van der Waals surface area contributed by atoms with Crippen LogP contribution >= 0.6 is 15.9 Å². The van der Waals surface area contributed by atoms with Crippen LogP contribution in [0.25, 0.3) is 0 Å². The number of anilines is 3. The summed E-state index contributed by atoms with van der Waals surface area (Å²) in [5, 5.41) is 2.87. The fourth-order valence-electron chi connectivity index (χ4n) is 2.24. The van der Waals surface area contributed by atoms with E-state index in [1.54, 1.807) is 6.20 Å². The zero-order chi connectivity index (χ0) is 13.4. The Morgan fingerprint density at radius 1 is 1.37 bits per heavy atom. The molecule has 0 atom stereocenters. The van der Waals surface area contributed by atoms with E-state index in [0.717, 1.165) is 27.2 Å². The Morgan fingerprint density at radius 2 is 2.16 bits per heavy atom. The van der Waals surface area contributed by atoms with Gasteiger partial charge in [0.1, 0.15) is 12.4 Å². The summed E-state index contributed by atoms with van der Waals surface area (Å²) in [5.74, 6) is 0.785. The molecule has 1 amide bonds. The summed E-state index contributed by atoms with van der Waals surface area (Å²) < 4.78 is 0.934. The molecule has 0 spiro atoms. The number of halogens is 1. The number of carbonyl (C=O) groups is 1. The lowest BCUT2D eigenvalue weighted by atomic mass is 10.1. The molecule has 1 aromatic heterocycles. The van der Waals surface area contributed by atoms with Crippen LogP contribution in [0.3, 0.4) is 0 Å². The Kier molecular flexibility index (Phi) is 2.98. The fraction of sp³-hybridized carbons (Fsp3) is 0.143. The average molecular weight is 318 g/mol. The summed E-state index contributed by atoms with van der Waals surface area (Å²) in [5.41, 5.74) is 2.82. The summed E-state index contributed by atoms with van der Waals surface area (Å²) in [6.07, 6.45) is 1.75. The minimum Gasteiger partial charge on any atom is -0.323 e. The number of hydrogen-bond acceptors (Lipinski definition) is 3. The largest absolute Gasteiger partial charge is 0.323 e. The van der Waals surface area contributed by atoms with Gasteiger partial charge in [0, 0.05) is 10.7 Å². The van der Waals surface area contributed by atoms with Gasteiger partial charge in [0.15, 0.2) is 0 Å². The molecule has 96 valence electrons. The quantitative estimate of drug-likeness (QED) is 0.878. The van der Waals surface area contributed by atoms with Crippen LogP contribution in [0.15, 0.2) is 41.0 Å². The molecule has 4 nitrogen and oxygen atoms in total. The maximum atomic E-state index is 11.8. The van der Waals surface area contributed by atoms with Crippen molar-refractivity contribution in [3.05, 3.63) is 46.6 Å². The van der Waals surface area contributed by atoms with E-state index in [2.05, 4.69) is 26.2 Å². The number of aromatic nitrogens is 1. The predicted octanol–water partition coefficient (Wildman–Crippen LogP) is 3.24. The smallest absolute Gasteiger partial charge is 0.244 e. The van der Waals surface area contributed by atoms with Crippen molar-refractivity contribution in [2.45, 2.75) is 6.92 Å². The number of rotatable bonds is 1. The average Bonchev–Trinajstić information content (AvgIpc) is 2.38. The first-order valence-electron chi connectivity index (χ1n) is 5.94. The lowest BCUT2D eigenvalue weighted by Gasteiger charge is -2.30. The predicted molar refractivity (Wildman–Crippen MR) is 78.8 cm³/mol. The van der Waals surface area contributed by atoms with Crippen LogP contribution in [0.2, 0.25) is 0 Å². The van der Waals surface area contributed by atoms with E-state index < -0.39 is 0 Å². The second-order valence-electron chi connectivity index (χ2n) is 4.45. The van der Waals surface area contributed by atoms with E-state index in [-0.39, 0.29) is 12.5 Å². The normalized spacial score (nSPS) is 14.0. The molecular weight excluding hydrogens is 306 g/mol. The van der Waals surface area contributed by atoms with Gasteiger partial charge in [-0.1, -0.05) is 12.1 Å². The maximum absolute atomic E-state index is 11.8. The van der Waals surface area contributed by atoms with Crippen LogP contribution in [0, 0.1) is 6.92 Å². The van der Waals surface area contributed by atoms with E-state index in [9.17, 15) is 4.79 Å². The van der Waals surface area contributed by atoms with Gasteiger partial charge in [-0.15, -0.1) is 0 Å². The van der Waals surface area contributed by atoms with Crippen molar-refractivity contribution >= 4 is 39.0 Å². The zero-order valence-electron chi connectivity index (χ0n) is 10.4. The van der Waals surface area contributed by atoms with Gasteiger partial charge in [-0.2, -0.15) is 0 Å². The standard InChI is InChI=1S/C14H12BrN3O/c1-9-6-10(15)7-16-14(9)18-8-13(19)17-11-4-2-3-5-12(11)18/h2-7H,8H2,1H3,(H,17,19). The second-order valence-corrected chi connectivity index (χ2v) is 5.36. The molecule has 0 bridgehead atoms. The third-order valence-electron chi connectivity index (χ3n) is 3.04. The number of aryl methyl sites for hydroxylation is 1. The Labute approximate surface area is 119 Å². The third-order valence-corrected chi connectivity index (χ3v) is 3.48. The number of carbonyl (C=O) groups excluding carboxylic acids is 1. The monoisotopic (exact) mass is 317 g/mol. The van der Waals surface area contributed by atoms with Gasteiger partial charge < -0.3 is 10.2 Å². The van der Waals surface area contributed by atoms with E-state index in [1.807, 2.05) is 42.2 Å². The number of fused-ring (bicyclic) bond motifs is 1. The molecule has 0 saturated heterocycles. The molecule has 1 aliphatic rings. The van der Waals surface area contributed by atoms with Crippen LogP contribution in [0.1, 0.15) is 5.56 Å². The number of amides is 1. The summed E-state index contributed by atoms with van der Waals surface area (Å²) in [6.45, 7) is 2.27. The highest BCUT2D eigenvalue weighted by Gasteiger charge is 2.24. The summed E-state index contributed by atoms with van der Waals surface area (Å²) in [7, 11) is 0. The molecular formula is C14H12BrN3O. The fourth-order valence-corrected chi connectivity index (χ4v) is 2.68. The van der Waals surface area contributed by atoms with Crippen molar-refractivity contribution in [1.82, 2.24) is 4.98 Å². The van der Waals surface area contributed by atoms with Gasteiger partial charge in [-0.05, 0) is 46.6 Å². The third kappa shape index (κ3) is 2.21. The Balaban J connectivity index is 2.12. The number of para-hydroxylation sites is 2. The summed E-state index contributed by atoms with van der Waals surface area (Å²) >= 11 is 3.40. The van der Waals surface area contributed by atoms with Crippen LogP contribution in [-0.2, 0) is 4.79 Å². The molecule has 2 aromatic rings. The Hall–Kier alpha value is -1.88. The van der Waals surface area contributed by atoms with Crippen LogP contribution < -0.4 is 10.2 Å². The first-order valence-corrected chi connectivity index (χ1v) is 6.73. The Morgan fingerprint density at radius 3 is 2.95 bits per heavy atom. The molecule has 1 N–H and O–H groups in total. The lowest BCUT2D eigenvalue weighted by molar-refractivity contribution is -0.115. The van der Waals surface area contributed by atoms with E-state index in [0.29, 0.717) is 0 Å². The molecule has 5 heteroatoms. The van der Waals surface area contributed by atoms with Crippen LogP contribution in [-0.4, -0.2) is 17.4 Å². The highest BCUT2D eigenvalue weighted by atomic mass is 79.9. The molecule has 19 heavy (non-hydrogen) atoms. The highest BCUT2D eigenvalue weighted by molar-refractivity contribution is 9.10. The molecule has 0 saturated carbocycles. The van der Waals surface area contributed by atoms with Gasteiger partial charge in [0.05, 0.1) is 11.4 Å². The second kappa shape index (κ2) is 4.66. The number of nitrogens with one attached hydrogen (secondary N) is 1. The first kappa shape index (κ1) is 12.2. The van der Waals surface area contributed by atoms with Gasteiger partial charge >= 0.3 is 0 Å². The van der Waals surface area contributed by atoms with Gasteiger partial charge in [0.25, 0.3) is 0 Å². The first-order chi connectivity index (χ1) is 9.15. The summed E-state index contributed by atoms with van der Waals surface area (Å²) in [4.78, 5) is 18.2. The van der Waals surface area contributed by atoms with Crippen molar-refractivity contribution in [3.63, 3.8) is 0 Å². The number of benzene rings is 1. The highest BCUT2D eigenvalue weighted by Crippen LogP contribution is 2.35. The Bertz CT molecular complexity index is 657. The van der Waals surface area contributed by atoms with Gasteiger partial charge in [-0.25, -0.2) is 4.98 Å². The number of pyridine rings is 1. The molecule has 1 aromatic carbocycles. The van der Waals surface area contributed by atoms with E-state index in [1.165, 1.54) is 0 Å². The van der Waals surface area contributed by atoms with Crippen LogP contribution in [0.5, 0.6) is 0 Å². The topological polar surface area (TPSA) is 45.2 Å². The summed E-state index contributed by atoms with van der Waals surface area (Å²) in [6, 6.07) is 9.74. The van der Waals surface area contributed by atoms with Crippen molar-refractivity contribution in [2.75, 3.05) is 16.8 Å². The minimum absolute atomic E-state index is 0.0252. The minimum atomic E-state index is -0.0252. The van der Waals surface area contributed by atoms with Crippen molar-refractivity contribution in [2.24, 2.45) is 0 Å². The molecule has 0 fully saturated rings. The van der Waals surface area contributed by atoms with Crippen molar-refractivity contribution in [3.8, 4) is 0 Å². The number of hydrogen-bond donors (Lipinski definition) is 1. The van der Waals surface area contributed by atoms with Gasteiger partial charge in [0.2, 0.25) is 5.91 Å². The molecule has 0 aliphatic carbocycles. The number of nitrogens with zero attached hydrogens (tertiary/aromatic N) is 2. The maximum Gasteiger partial charge on any atom is 0.244 e. The molecule has 2 heterocycles. The van der Waals surface area contributed by atoms with Crippen molar-refractivity contribution < 1.29 is 4.79 Å². The van der Waals surface area contributed by atoms with Crippen LogP contribution in [0.4, 0.5) is 17.2 Å². The lowest BCUT2D eigenvalue weighted by Crippen LogP contribution is -2.35. The van der Waals surface area contributed by atoms with E-state index in [4.69, 9.17) is 0 Å². The molecule has 0 unspecified atom stereocenters. The molecule has 1 aliphatic heterocycles. The van der Waals surface area contributed by atoms with Crippen molar-refractivity contribution in [1.29, 1.82) is 0 Å². The molecule has 3 rings (SSSR count).